The molecule has 0 radical (unpaired) electrons. The first-order valence-corrected chi connectivity index (χ1v) is 6.63. The van der Waals surface area contributed by atoms with Crippen LogP contribution in [0.1, 0.15) is 33.1 Å². The second kappa shape index (κ2) is 7.34. The zero-order valence-electron chi connectivity index (χ0n) is 9.86. The molecule has 0 aromatic heterocycles. The minimum Gasteiger partial charge on any atom is -0.426 e. The van der Waals surface area contributed by atoms with E-state index in [9.17, 15) is 4.79 Å². The number of hydrogen-bond donors (Lipinski definition) is 0. The first-order valence-electron chi connectivity index (χ1n) is 5.64. The van der Waals surface area contributed by atoms with Crippen molar-refractivity contribution in [3.8, 4) is 5.75 Å². The minimum absolute atomic E-state index is 0.262. The molecule has 0 amide bonds. The third-order valence-corrected chi connectivity index (χ3v) is 3.25. The van der Waals surface area contributed by atoms with E-state index in [0.717, 1.165) is 10.6 Å². The van der Waals surface area contributed by atoms with Crippen LogP contribution in [0.3, 0.4) is 0 Å². The van der Waals surface area contributed by atoms with E-state index in [1.54, 1.807) is 11.8 Å². The second-order valence-corrected chi connectivity index (χ2v) is 4.73. The Balaban J connectivity index is 2.53. The molecule has 0 aliphatic carbocycles. The summed E-state index contributed by atoms with van der Waals surface area (Å²) in [7, 11) is 0. The number of rotatable bonds is 6. The molecule has 0 unspecified atom stereocenters. The van der Waals surface area contributed by atoms with Crippen LogP contribution in [-0.2, 0) is 4.79 Å². The lowest BCUT2D eigenvalue weighted by atomic mass is 10.3. The van der Waals surface area contributed by atoms with Crippen LogP contribution in [0.2, 0.25) is 0 Å². The Morgan fingerprint density at radius 3 is 2.75 bits per heavy atom. The van der Waals surface area contributed by atoms with E-state index in [2.05, 4.69) is 6.92 Å². The number of ether oxygens (including phenoxy) is 1. The van der Waals surface area contributed by atoms with Gasteiger partial charge in [0, 0.05) is 6.92 Å². The summed E-state index contributed by atoms with van der Waals surface area (Å²) < 4.78 is 5.14. The van der Waals surface area contributed by atoms with Crippen LogP contribution in [0, 0.1) is 0 Å². The Bertz CT molecular complexity index is 336. The third kappa shape index (κ3) is 4.71. The molecule has 0 aliphatic heterocycles. The topological polar surface area (TPSA) is 26.3 Å². The zero-order chi connectivity index (χ0) is 11.8. The van der Waals surface area contributed by atoms with Gasteiger partial charge in [-0.3, -0.25) is 4.79 Å². The van der Waals surface area contributed by atoms with E-state index in [1.165, 1.54) is 26.2 Å². The Hall–Kier alpha value is -0.960. The van der Waals surface area contributed by atoms with Crippen molar-refractivity contribution in [1.29, 1.82) is 0 Å². The van der Waals surface area contributed by atoms with Gasteiger partial charge in [0.2, 0.25) is 0 Å². The summed E-state index contributed by atoms with van der Waals surface area (Å²) in [4.78, 5) is 12.0. The fourth-order valence-corrected chi connectivity index (χ4v) is 2.34. The highest BCUT2D eigenvalue weighted by molar-refractivity contribution is 7.99. The molecule has 0 saturated heterocycles. The summed E-state index contributed by atoms with van der Waals surface area (Å²) in [6, 6.07) is 7.68. The van der Waals surface area contributed by atoms with Gasteiger partial charge in [-0.15, -0.1) is 11.8 Å². The van der Waals surface area contributed by atoms with Gasteiger partial charge in [-0.05, 0) is 24.3 Å². The highest BCUT2D eigenvalue weighted by Gasteiger charge is 2.05. The van der Waals surface area contributed by atoms with Crippen molar-refractivity contribution in [1.82, 2.24) is 0 Å². The van der Waals surface area contributed by atoms with Crippen LogP contribution in [0.4, 0.5) is 0 Å². The number of thioether (sulfide) groups is 1. The van der Waals surface area contributed by atoms with E-state index in [-0.39, 0.29) is 5.97 Å². The summed E-state index contributed by atoms with van der Waals surface area (Å²) in [6.07, 6.45) is 3.68. The SMILES string of the molecule is CCCCCSc1ccccc1OC(C)=O. The molecule has 88 valence electrons. The molecule has 1 rings (SSSR count). The van der Waals surface area contributed by atoms with Crippen molar-refractivity contribution >= 4 is 17.7 Å². The van der Waals surface area contributed by atoms with E-state index >= 15 is 0 Å². The fourth-order valence-electron chi connectivity index (χ4n) is 1.34. The standard InChI is InChI=1S/C13H18O2S/c1-3-4-7-10-16-13-9-6-5-8-12(13)15-11(2)14/h5-6,8-9H,3-4,7,10H2,1-2H3. The highest BCUT2D eigenvalue weighted by Crippen LogP contribution is 2.29. The van der Waals surface area contributed by atoms with Gasteiger partial charge < -0.3 is 4.74 Å². The largest absolute Gasteiger partial charge is 0.426 e. The van der Waals surface area contributed by atoms with E-state index in [0.29, 0.717) is 5.75 Å². The Morgan fingerprint density at radius 2 is 2.06 bits per heavy atom. The van der Waals surface area contributed by atoms with Crippen LogP contribution in [0.25, 0.3) is 0 Å². The van der Waals surface area contributed by atoms with Gasteiger partial charge in [-0.1, -0.05) is 31.9 Å². The summed E-state index contributed by atoms with van der Waals surface area (Å²) in [6.45, 7) is 3.62. The van der Waals surface area contributed by atoms with Crippen LogP contribution in [0.5, 0.6) is 5.75 Å². The molecule has 1 aromatic rings. The van der Waals surface area contributed by atoms with Crippen molar-refractivity contribution in [2.24, 2.45) is 0 Å². The number of hydrogen-bond acceptors (Lipinski definition) is 3. The molecule has 0 saturated carbocycles. The van der Waals surface area contributed by atoms with E-state index in [4.69, 9.17) is 4.74 Å². The summed E-state index contributed by atoms with van der Waals surface area (Å²) in [5.74, 6) is 1.49. The Labute approximate surface area is 101 Å². The molecule has 1 aromatic carbocycles. The van der Waals surface area contributed by atoms with Crippen LogP contribution in [0.15, 0.2) is 29.2 Å². The lowest BCUT2D eigenvalue weighted by Gasteiger charge is -2.07. The van der Waals surface area contributed by atoms with Crippen molar-refractivity contribution in [3.63, 3.8) is 0 Å². The van der Waals surface area contributed by atoms with Crippen LogP contribution >= 0.6 is 11.8 Å². The molecule has 0 N–H and O–H groups in total. The number of benzene rings is 1. The average Bonchev–Trinajstić information content (AvgIpc) is 2.26. The Morgan fingerprint density at radius 1 is 1.31 bits per heavy atom. The molecule has 0 heterocycles. The summed E-state index contributed by atoms with van der Waals surface area (Å²) in [5.41, 5.74) is 0. The van der Waals surface area contributed by atoms with Gasteiger partial charge in [-0.25, -0.2) is 0 Å². The lowest BCUT2D eigenvalue weighted by Crippen LogP contribution is -2.02. The van der Waals surface area contributed by atoms with E-state index in [1.807, 2.05) is 24.3 Å². The van der Waals surface area contributed by atoms with Crippen molar-refractivity contribution < 1.29 is 9.53 Å². The molecule has 0 bridgehead atoms. The van der Waals surface area contributed by atoms with Gasteiger partial charge >= 0.3 is 5.97 Å². The van der Waals surface area contributed by atoms with Crippen molar-refractivity contribution in [2.45, 2.75) is 38.0 Å². The predicted molar refractivity (Wildman–Crippen MR) is 68.0 cm³/mol. The van der Waals surface area contributed by atoms with Crippen molar-refractivity contribution in [3.05, 3.63) is 24.3 Å². The molecular formula is C13H18O2S. The maximum absolute atomic E-state index is 10.9. The average molecular weight is 238 g/mol. The number of unbranched alkanes of at least 4 members (excludes halogenated alkanes) is 2. The highest BCUT2D eigenvalue weighted by atomic mass is 32.2. The second-order valence-electron chi connectivity index (χ2n) is 3.60. The van der Waals surface area contributed by atoms with Gasteiger partial charge in [-0.2, -0.15) is 0 Å². The molecule has 0 fully saturated rings. The maximum Gasteiger partial charge on any atom is 0.308 e. The monoisotopic (exact) mass is 238 g/mol. The number of para-hydroxylation sites is 1. The zero-order valence-corrected chi connectivity index (χ0v) is 10.7. The third-order valence-electron chi connectivity index (χ3n) is 2.11. The lowest BCUT2D eigenvalue weighted by molar-refractivity contribution is -0.132. The van der Waals surface area contributed by atoms with Gasteiger partial charge in [0.15, 0.2) is 0 Å². The molecule has 0 aliphatic rings. The van der Waals surface area contributed by atoms with Gasteiger partial charge in [0.05, 0.1) is 4.90 Å². The number of carbonyl (C=O) groups excluding carboxylic acids is 1. The summed E-state index contributed by atoms with van der Waals surface area (Å²) >= 11 is 1.75. The first kappa shape index (κ1) is 13.1. The van der Waals surface area contributed by atoms with Crippen LogP contribution in [-0.4, -0.2) is 11.7 Å². The maximum atomic E-state index is 10.9. The first-order chi connectivity index (χ1) is 7.74. The molecule has 2 nitrogen and oxygen atoms in total. The molecule has 16 heavy (non-hydrogen) atoms. The van der Waals surface area contributed by atoms with Gasteiger partial charge in [0.1, 0.15) is 5.75 Å². The smallest absolute Gasteiger partial charge is 0.308 e. The minimum atomic E-state index is -0.262. The Kier molecular flexibility index (Phi) is 6.01. The van der Waals surface area contributed by atoms with Crippen molar-refractivity contribution in [2.75, 3.05) is 5.75 Å². The molecule has 0 atom stereocenters. The van der Waals surface area contributed by atoms with Crippen LogP contribution < -0.4 is 4.74 Å². The normalized spacial score (nSPS) is 10.1. The fraction of sp³-hybridized carbons (Fsp3) is 0.462. The predicted octanol–water partition coefficient (Wildman–Crippen LogP) is 3.89. The molecular weight excluding hydrogens is 220 g/mol. The van der Waals surface area contributed by atoms with Gasteiger partial charge in [0.25, 0.3) is 0 Å². The molecule has 3 heteroatoms. The quantitative estimate of drug-likeness (QED) is 0.325. The number of esters is 1. The number of carbonyl (C=O) groups is 1. The van der Waals surface area contributed by atoms with E-state index < -0.39 is 0 Å². The summed E-state index contributed by atoms with van der Waals surface area (Å²) in [5, 5.41) is 0. The molecule has 0 spiro atoms.